The summed E-state index contributed by atoms with van der Waals surface area (Å²) in [6.07, 6.45) is 0. The first kappa shape index (κ1) is 9.56. The van der Waals surface area contributed by atoms with E-state index in [4.69, 9.17) is 17.5 Å². The van der Waals surface area contributed by atoms with Crippen LogP contribution in [0.4, 0.5) is 0 Å². The molecule has 1 aromatic carbocycles. The Morgan fingerprint density at radius 1 is 1.30 bits per heavy atom. The minimum Gasteiger partial charge on any atom is -0.410 e. The maximum absolute atomic E-state index is 5.62. The second-order valence-electron chi connectivity index (χ2n) is 1.55. The van der Waals surface area contributed by atoms with Gasteiger partial charge in [-0.3, -0.25) is 0 Å². The van der Waals surface area contributed by atoms with Crippen molar-refractivity contribution >= 4 is 24.0 Å². The first-order valence-corrected chi connectivity index (χ1v) is 2.83. The Morgan fingerprint density at radius 3 is 2.30 bits per heavy atom. The van der Waals surface area contributed by atoms with Crippen LogP contribution in [0.3, 0.4) is 0 Å². The van der Waals surface area contributed by atoms with Crippen LogP contribution >= 0.6 is 24.0 Å². The van der Waals surface area contributed by atoms with Crippen LogP contribution in [0.1, 0.15) is 0 Å². The third-order valence-corrected chi connectivity index (χ3v) is 1.28. The fraction of sp³-hybridized carbons (Fsp3) is 0. The van der Waals surface area contributed by atoms with Gasteiger partial charge in [0.15, 0.2) is 5.75 Å². The van der Waals surface area contributed by atoms with E-state index in [9.17, 15) is 0 Å². The van der Waals surface area contributed by atoms with Crippen molar-refractivity contribution in [3.8, 4) is 5.75 Å². The summed E-state index contributed by atoms with van der Waals surface area (Å²) in [5.74, 6) is 5.37. The maximum Gasteiger partial charge on any atom is 0.165 e. The SMILES string of the molecule is Cl.NOc1ccccc1Cl. The molecule has 2 N–H and O–H groups in total. The molecule has 2 nitrogen and oxygen atoms in total. The molecule has 10 heavy (non-hydrogen) atoms. The van der Waals surface area contributed by atoms with Crippen LogP contribution in [0.2, 0.25) is 5.02 Å². The van der Waals surface area contributed by atoms with Crippen LogP contribution in [0.15, 0.2) is 24.3 Å². The monoisotopic (exact) mass is 179 g/mol. The minimum absolute atomic E-state index is 0. The van der Waals surface area contributed by atoms with Gasteiger partial charge in [0.2, 0.25) is 0 Å². The number of rotatable bonds is 1. The molecule has 0 heterocycles. The zero-order valence-corrected chi connectivity index (χ0v) is 6.65. The van der Waals surface area contributed by atoms with Gasteiger partial charge in [-0.2, -0.15) is 5.90 Å². The fourth-order valence-corrected chi connectivity index (χ4v) is 0.721. The van der Waals surface area contributed by atoms with E-state index in [1.807, 2.05) is 6.07 Å². The molecule has 0 aliphatic carbocycles. The maximum atomic E-state index is 5.62. The zero-order valence-electron chi connectivity index (χ0n) is 5.08. The molecule has 0 aliphatic heterocycles. The Bertz CT molecular complexity index is 205. The van der Waals surface area contributed by atoms with Crippen LogP contribution in [0.5, 0.6) is 5.75 Å². The van der Waals surface area contributed by atoms with Gasteiger partial charge in [0.25, 0.3) is 0 Å². The van der Waals surface area contributed by atoms with Crippen LogP contribution in [0, 0.1) is 0 Å². The molecule has 0 amide bonds. The summed E-state index contributed by atoms with van der Waals surface area (Å²) in [5.41, 5.74) is 0. The minimum atomic E-state index is 0. The van der Waals surface area contributed by atoms with Gasteiger partial charge in [-0.1, -0.05) is 23.7 Å². The second-order valence-corrected chi connectivity index (χ2v) is 1.96. The molecule has 4 heteroatoms. The second kappa shape index (κ2) is 4.39. The van der Waals surface area contributed by atoms with E-state index in [-0.39, 0.29) is 12.4 Å². The van der Waals surface area contributed by atoms with Crippen LogP contribution in [-0.2, 0) is 0 Å². The largest absolute Gasteiger partial charge is 0.410 e. The molecule has 0 saturated heterocycles. The lowest BCUT2D eigenvalue weighted by Crippen LogP contribution is -2.01. The molecule has 0 saturated carbocycles. The Morgan fingerprint density at radius 2 is 1.90 bits per heavy atom. The topological polar surface area (TPSA) is 35.2 Å². The molecule has 0 bridgehead atoms. The van der Waals surface area contributed by atoms with Gasteiger partial charge in [-0.15, -0.1) is 12.4 Å². The molecule has 0 aromatic heterocycles. The average Bonchev–Trinajstić information content (AvgIpc) is 1.89. The Labute approximate surface area is 70.3 Å². The Balaban J connectivity index is 0.000000810. The predicted octanol–water partition coefficient (Wildman–Crippen LogP) is 2.01. The highest BCUT2D eigenvalue weighted by molar-refractivity contribution is 6.32. The van der Waals surface area contributed by atoms with Gasteiger partial charge < -0.3 is 4.84 Å². The lowest BCUT2D eigenvalue weighted by molar-refractivity contribution is 0.335. The summed E-state index contributed by atoms with van der Waals surface area (Å²) < 4.78 is 0. The summed E-state index contributed by atoms with van der Waals surface area (Å²) in [7, 11) is 0. The van der Waals surface area contributed by atoms with Gasteiger partial charge in [-0.05, 0) is 12.1 Å². The summed E-state index contributed by atoms with van der Waals surface area (Å²) in [4.78, 5) is 4.41. The smallest absolute Gasteiger partial charge is 0.165 e. The van der Waals surface area contributed by atoms with Crippen molar-refractivity contribution in [3.63, 3.8) is 0 Å². The molecule has 1 rings (SSSR count). The highest BCUT2D eigenvalue weighted by Crippen LogP contribution is 2.21. The van der Waals surface area contributed by atoms with E-state index in [2.05, 4.69) is 4.84 Å². The van der Waals surface area contributed by atoms with Crippen molar-refractivity contribution in [3.05, 3.63) is 29.3 Å². The fourth-order valence-electron chi connectivity index (χ4n) is 0.540. The number of para-hydroxylation sites is 1. The number of benzene rings is 1. The van der Waals surface area contributed by atoms with Crippen molar-refractivity contribution in [2.45, 2.75) is 0 Å². The number of nitrogens with two attached hydrogens (primary N) is 1. The van der Waals surface area contributed by atoms with E-state index in [0.29, 0.717) is 10.8 Å². The van der Waals surface area contributed by atoms with Gasteiger partial charge in [0.1, 0.15) is 0 Å². The van der Waals surface area contributed by atoms with E-state index in [1.165, 1.54) is 0 Å². The summed E-state index contributed by atoms with van der Waals surface area (Å²) in [5, 5.41) is 0.528. The molecule has 0 unspecified atom stereocenters. The first-order valence-electron chi connectivity index (χ1n) is 2.46. The number of hydrogen-bond donors (Lipinski definition) is 1. The molecular weight excluding hydrogens is 173 g/mol. The van der Waals surface area contributed by atoms with E-state index >= 15 is 0 Å². The summed E-state index contributed by atoms with van der Waals surface area (Å²) in [6, 6.07) is 7.02. The quantitative estimate of drug-likeness (QED) is 0.671. The highest BCUT2D eigenvalue weighted by Gasteiger charge is 1.94. The van der Waals surface area contributed by atoms with Crippen molar-refractivity contribution in [2.75, 3.05) is 0 Å². The van der Waals surface area contributed by atoms with Gasteiger partial charge in [-0.25, -0.2) is 0 Å². The third-order valence-electron chi connectivity index (χ3n) is 0.964. The lowest BCUT2D eigenvalue weighted by Gasteiger charge is -1.97. The molecule has 0 atom stereocenters. The Kier molecular flexibility index (Phi) is 4.19. The molecule has 0 radical (unpaired) electrons. The Hall–Kier alpha value is -0.440. The molecule has 1 aromatic rings. The van der Waals surface area contributed by atoms with Crippen molar-refractivity contribution in [1.82, 2.24) is 0 Å². The van der Waals surface area contributed by atoms with Crippen LogP contribution in [-0.4, -0.2) is 0 Å². The van der Waals surface area contributed by atoms with Gasteiger partial charge >= 0.3 is 0 Å². The molecular formula is C6H7Cl2NO. The highest BCUT2D eigenvalue weighted by atomic mass is 35.5. The average molecular weight is 180 g/mol. The third kappa shape index (κ3) is 2.06. The number of hydrogen-bond acceptors (Lipinski definition) is 2. The van der Waals surface area contributed by atoms with Gasteiger partial charge in [0.05, 0.1) is 5.02 Å². The normalized spacial score (nSPS) is 8.20. The first-order chi connectivity index (χ1) is 4.34. The van der Waals surface area contributed by atoms with Crippen molar-refractivity contribution < 1.29 is 4.84 Å². The van der Waals surface area contributed by atoms with Crippen LogP contribution < -0.4 is 10.7 Å². The number of halogens is 2. The molecule has 0 aliphatic rings. The molecule has 0 fully saturated rings. The van der Waals surface area contributed by atoms with Crippen molar-refractivity contribution in [2.24, 2.45) is 5.90 Å². The van der Waals surface area contributed by atoms with Gasteiger partial charge in [0, 0.05) is 0 Å². The summed E-state index contributed by atoms with van der Waals surface area (Å²) >= 11 is 5.62. The predicted molar refractivity (Wildman–Crippen MR) is 43.5 cm³/mol. The molecule has 56 valence electrons. The zero-order chi connectivity index (χ0) is 6.69. The molecule has 0 spiro atoms. The van der Waals surface area contributed by atoms with Crippen LogP contribution in [0.25, 0.3) is 0 Å². The van der Waals surface area contributed by atoms with E-state index in [1.54, 1.807) is 18.2 Å². The standard InChI is InChI=1S/C6H6ClNO.ClH/c7-5-3-1-2-4-6(5)9-8;/h1-4H,8H2;1H. The van der Waals surface area contributed by atoms with Crippen molar-refractivity contribution in [1.29, 1.82) is 0 Å². The summed E-state index contributed by atoms with van der Waals surface area (Å²) in [6.45, 7) is 0. The lowest BCUT2D eigenvalue weighted by atomic mass is 10.3. The van der Waals surface area contributed by atoms with E-state index < -0.39 is 0 Å². The van der Waals surface area contributed by atoms with E-state index in [0.717, 1.165) is 0 Å².